The lowest BCUT2D eigenvalue weighted by atomic mass is 9.96. The third-order valence-corrected chi connectivity index (χ3v) is 4.83. The van der Waals surface area contributed by atoms with Gasteiger partial charge in [0.25, 0.3) is 0 Å². The number of likely N-dealkylation sites (tertiary alicyclic amines) is 1. The van der Waals surface area contributed by atoms with E-state index in [1.807, 2.05) is 30.0 Å². The maximum Gasteiger partial charge on any atom is 0.225 e. The smallest absolute Gasteiger partial charge is 0.225 e. The van der Waals surface area contributed by atoms with Crippen LogP contribution in [0.4, 0.5) is 0 Å². The van der Waals surface area contributed by atoms with Crippen LogP contribution in [0.15, 0.2) is 24.3 Å². The second-order valence-corrected chi connectivity index (χ2v) is 6.73. The lowest BCUT2D eigenvalue weighted by Gasteiger charge is -2.32. The van der Waals surface area contributed by atoms with E-state index in [1.54, 1.807) is 0 Å². The van der Waals surface area contributed by atoms with Crippen molar-refractivity contribution < 1.29 is 14.3 Å². The van der Waals surface area contributed by atoms with Gasteiger partial charge in [0.15, 0.2) is 0 Å². The van der Waals surface area contributed by atoms with E-state index in [2.05, 4.69) is 11.4 Å². The molecule has 1 N–H and O–H groups in total. The van der Waals surface area contributed by atoms with Gasteiger partial charge in [0.05, 0.1) is 12.5 Å². The van der Waals surface area contributed by atoms with Crippen LogP contribution < -0.4 is 10.1 Å². The summed E-state index contributed by atoms with van der Waals surface area (Å²) in [6.07, 6.45) is 4.02. The van der Waals surface area contributed by atoms with Crippen LogP contribution in [0.2, 0.25) is 0 Å². The Kier molecular flexibility index (Phi) is 5.38. The second kappa shape index (κ2) is 7.69. The lowest BCUT2D eigenvalue weighted by molar-refractivity contribution is -0.135. The zero-order valence-electron chi connectivity index (χ0n) is 14.3. The summed E-state index contributed by atoms with van der Waals surface area (Å²) in [6, 6.07) is 8.00. The Hall–Kier alpha value is -2.04. The van der Waals surface area contributed by atoms with E-state index in [-0.39, 0.29) is 23.8 Å². The molecule has 0 aliphatic carbocycles. The number of hydrogen-bond acceptors (Lipinski definition) is 3. The monoisotopic (exact) mass is 330 g/mol. The van der Waals surface area contributed by atoms with Gasteiger partial charge < -0.3 is 15.0 Å². The van der Waals surface area contributed by atoms with E-state index in [0.717, 1.165) is 38.0 Å². The van der Waals surface area contributed by atoms with E-state index in [4.69, 9.17) is 4.74 Å². The predicted molar refractivity (Wildman–Crippen MR) is 91.8 cm³/mol. The Morgan fingerprint density at radius 2 is 2.17 bits per heavy atom. The topological polar surface area (TPSA) is 58.6 Å². The fourth-order valence-electron chi connectivity index (χ4n) is 3.52. The third kappa shape index (κ3) is 3.89. The van der Waals surface area contributed by atoms with Crippen LogP contribution in [0.25, 0.3) is 0 Å². The highest BCUT2D eigenvalue weighted by Crippen LogP contribution is 2.27. The molecule has 0 unspecified atom stereocenters. The number of fused-ring (bicyclic) bond motifs is 1. The van der Waals surface area contributed by atoms with Crippen LogP contribution in [0, 0.1) is 5.92 Å². The summed E-state index contributed by atoms with van der Waals surface area (Å²) >= 11 is 0. The Morgan fingerprint density at radius 1 is 1.33 bits per heavy atom. The molecule has 1 saturated heterocycles. The molecule has 2 heterocycles. The largest absolute Gasteiger partial charge is 0.488 e. The van der Waals surface area contributed by atoms with Crippen LogP contribution >= 0.6 is 0 Å². The number of carbonyl (C=O) groups is 2. The molecular weight excluding hydrogens is 304 g/mol. The summed E-state index contributed by atoms with van der Waals surface area (Å²) in [4.78, 5) is 26.3. The summed E-state index contributed by atoms with van der Waals surface area (Å²) in [6.45, 7) is 3.86. The zero-order chi connectivity index (χ0) is 16.9. The summed E-state index contributed by atoms with van der Waals surface area (Å²) in [5.74, 6) is 1.04. The van der Waals surface area contributed by atoms with Crippen LogP contribution in [0.5, 0.6) is 5.75 Å². The number of amides is 2. The molecule has 0 saturated carbocycles. The first-order chi connectivity index (χ1) is 11.7. The van der Waals surface area contributed by atoms with Gasteiger partial charge in [0, 0.05) is 25.9 Å². The highest BCUT2D eigenvalue weighted by molar-refractivity contribution is 5.81. The van der Waals surface area contributed by atoms with E-state index in [1.165, 1.54) is 5.56 Å². The van der Waals surface area contributed by atoms with Crippen LogP contribution in [0.3, 0.4) is 0 Å². The average Bonchev–Trinajstić information content (AvgIpc) is 3.03. The molecule has 1 aromatic carbocycles. The van der Waals surface area contributed by atoms with E-state index in [9.17, 15) is 9.59 Å². The molecule has 0 radical (unpaired) electrons. The molecule has 1 fully saturated rings. The van der Waals surface area contributed by atoms with Crippen molar-refractivity contribution in [3.8, 4) is 5.75 Å². The van der Waals surface area contributed by atoms with Crippen LogP contribution in [-0.2, 0) is 16.0 Å². The molecule has 2 amide bonds. The van der Waals surface area contributed by atoms with Gasteiger partial charge in [-0.2, -0.15) is 0 Å². The molecule has 130 valence electrons. The lowest BCUT2D eigenvalue weighted by Crippen LogP contribution is -2.46. The van der Waals surface area contributed by atoms with Crippen molar-refractivity contribution in [2.24, 2.45) is 5.92 Å². The molecule has 3 rings (SSSR count). The van der Waals surface area contributed by atoms with Crippen molar-refractivity contribution in [2.75, 3.05) is 19.6 Å². The highest BCUT2D eigenvalue weighted by Gasteiger charge is 2.29. The van der Waals surface area contributed by atoms with Gasteiger partial charge in [-0.3, -0.25) is 9.59 Å². The fraction of sp³-hybridized carbons (Fsp3) is 0.579. The first-order valence-electron chi connectivity index (χ1n) is 8.97. The quantitative estimate of drug-likeness (QED) is 0.900. The Labute approximate surface area is 143 Å². The number of para-hydroxylation sites is 1. The minimum Gasteiger partial charge on any atom is -0.488 e. The molecule has 5 heteroatoms. The van der Waals surface area contributed by atoms with Crippen molar-refractivity contribution in [3.05, 3.63) is 29.8 Å². The number of ether oxygens (including phenoxy) is 1. The summed E-state index contributed by atoms with van der Waals surface area (Å²) < 4.78 is 5.86. The molecule has 0 spiro atoms. The van der Waals surface area contributed by atoms with Crippen molar-refractivity contribution in [1.29, 1.82) is 0 Å². The molecule has 2 atom stereocenters. The number of carbonyl (C=O) groups excluding carboxylic acids is 2. The molecule has 5 nitrogen and oxygen atoms in total. The Bertz CT molecular complexity index is 577. The van der Waals surface area contributed by atoms with E-state index < -0.39 is 0 Å². The maximum absolute atomic E-state index is 12.4. The van der Waals surface area contributed by atoms with Gasteiger partial charge in [-0.25, -0.2) is 0 Å². The van der Waals surface area contributed by atoms with Crippen LogP contribution in [-0.4, -0.2) is 42.5 Å². The number of benzene rings is 1. The minimum absolute atomic E-state index is 0.00719. The molecule has 2 aliphatic heterocycles. The normalized spacial score (nSPS) is 22.6. The summed E-state index contributed by atoms with van der Waals surface area (Å²) in [7, 11) is 0. The average molecular weight is 330 g/mol. The minimum atomic E-state index is -0.0941. The fourth-order valence-corrected chi connectivity index (χ4v) is 3.52. The van der Waals surface area contributed by atoms with Gasteiger partial charge in [0.2, 0.25) is 11.8 Å². The predicted octanol–water partition coefficient (Wildman–Crippen LogP) is 2.14. The molecule has 0 aromatic heterocycles. The zero-order valence-corrected chi connectivity index (χ0v) is 14.3. The molecule has 0 bridgehead atoms. The SMILES string of the molecule is CCCC(=O)N1CCC[C@@H](C(=O)NC[C@@H]2Cc3ccccc3O2)C1. The number of nitrogens with zero attached hydrogens (tertiary/aromatic N) is 1. The van der Waals surface area contributed by atoms with Crippen molar-refractivity contribution in [2.45, 2.75) is 45.1 Å². The van der Waals surface area contributed by atoms with E-state index in [0.29, 0.717) is 19.5 Å². The van der Waals surface area contributed by atoms with E-state index >= 15 is 0 Å². The second-order valence-electron chi connectivity index (χ2n) is 6.73. The van der Waals surface area contributed by atoms with Gasteiger partial charge >= 0.3 is 0 Å². The molecular formula is C19H26N2O3. The van der Waals surface area contributed by atoms with Gasteiger partial charge in [-0.1, -0.05) is 25.1 Å². The van der Waals surface area contributed by atoms with Crippen molar-refractivity contribution >= 4 is 11.8 Å². The van der Waals surface area contributed by atoms with Gasteiger partial charge in [-0.05, 0) is 30.9 Å². The molecule has 1 aromatic rings. The van der Waals surface area contributed by atoms with Crippen molar-refractivity contribution in [3.63, 3.8) is 0 Å². The summed E-state index contributed by atoms with van der Waals surface area (Å²) in [5, 5.41) is 3.02. The van der Waals surface area contributed by atoms with Gasteiger partial charge in [0.1, 0.15) is 11.9 Å². The van der Waals surface area contributed by atoms with Crippen LogP contribution in [0.1, 0.15) is 38.2 Å². The maximum atomic E-state index is 12.4. The Balaban J connectivity index is 1.46. The van der Waals surface area contributed by atoms with Gasteiger partial charge in [-0.15, -0.1) is 0 Å². The number of piperidine rings is 1. The standard InChI is InChI=1S/C19H26N2O3/c1-2-6-18(22)21-10-5-8-15(13-21)19(23)20-12-16-11-14-7-3-4-9-17(14)24-16/h3-4,7,9,15-16H,2,5-6,8,10-13H2,1H3,(H,20,23)/t15-,16+/m1/s1. The number of nitrogens with one attached hydrogen (secondary N) is 1. The molecule has 24 heavy (non-hydrogen) atoms. The van der Waals surface area contributed by atoms with Crippen molar-refractivity contribution in [1.82, 2.24) is 10.2 Å². The first kappa shape index (κ1) is 16.8. The third-order valence-electron chi connectivity index (χ3n) is 4.83. The Morgan fingerprint density at radius 3 is 2.96 bits per heavy atom. The summed E-state index contributed by atoms with van der Waals surface area (Å²) in [5.41, 5.74) is 1.20. The number of hydrogen-bond donors (Lipinski definition) is 1. The first-order valence-corrected chi connectivity index (χ1v) is 8.97. The molecule has 2 aliphatic rings. The highest BCUT2D eigenvalue weighted by atomic mass is 16.5. The number of rotatable bonds is 5.